The summed E-state index contributed by atoms with van der Waals surface area (Å²) < 4.78 is 6.80. The van der Waals surface area contributed by atoms with Crippen molar-refractivity contribution < 1.29 is 4.74 Å². The monoisotopic (exact) mass is 299 g/mol. The zero-order valence-electron chi connectivity index (χ0n) is 12.8. The average Bonchev–Trinajstić information content (AvgIpc) is 2.89. The van der Waals surface area contributed by atoms with Crippen LogP contribution in [0.3, 0.4) is 0 Å². The van der Waals surface area contributed by atoms with Crippen LogP contribution in [-0.4, -0.2) is 53.0 Å². The van der Waals surface area contributed by atoms with Crippen LogP contribution in [0.1, 0.15) is 5.56 Å². The van der Waals surface area contributed by atoms with Crippen LogP contribution in [0.2, 0.25) is 0 Å². The fourth-order valence-corrected chi connectivity index (χ4v) is 3.45. The molecule has 1 N–H and O–H groups in total. The van der Waals surface area contributed by atoms with Crippen molar-refractivity contribution in [3.05, 3.63) is 36.2 Å². The molecule has 4 rings (SSSR count). The highest BCUT2D eigenvalue weighted by Gasteiger charge is 2.47. The Kier molecular flexibility index (Phi) is 3.44. The molecule has 1 spiro atoms. The molecule has 2 aliphatic heterocycles. The molecule has 1 aromatic carbocycles. The minimum Gasteiger partial charge on any atom is -0.362 e. The van der Waals surface area contributed by atoms with Gasteiger partial charge in [0.25, 0.3) is 0 Å². The van der Waals surface area contributed by atoms with E-state index in [1.54, 1.807) is 18.1 Å². The van der Waals surface area contributed by atoms with Gasteiger partial charge in [-0.05, 0) is 5.56 Å². The normalized spacial score (nSPS) is 19.9. The topological polar surface area (TPSA) is 55.2 Å². The summed E-state index contributed by atoms with van der Waals surface area (Å²) in [6.07, 6.45) is 1.72. The fraction of sp³-hybridized carbons (Fsp3) is 0.500. The van der Waals surface area contributed by atoms with Crippen LogP contribution >= 0.6 is 0 Å². The van der Waals surface area contributed by atoms with E-state index in [1.807, 2.05) is 6.07 Å². The van der Waals surface area contributed by atoms with Crippen molar-refractivity contribution in [3.63, 3.8) is 0 Å². The third-order valence-electron chi connectivity index (χ3n) is 4.57. The van der Waals surface area contributed by atoms with Crippen molar-refractivity contribution in [2.45, 2.75) is 13.3 Å². The quantitative estimate of drug-likeness (QED) is 0.891. The number of rotatable bonds is 5. The van der Waals surface area contributed by atoms with Gasteiger partial charge in [0.15, 0.2) is 5.82 Å². The van der Waals surface area contributed by atoms with Gasteiger partial charge >= 0.3 is 0 Å². The summed E-state index contributed by atoms with van der Waals surface area (Å²) in [5, 5.41) is 7.87. The van der Waals surface area contributed by atoms with Crippen LogP contribution in [0.15, 0.2) is 30.6 Å². The Balaban J connectivity index is 1.50. The van der Waals surface area contributed by atoms with Crippen LogP contribution in [-0.2, 0) is 18.0 Å². The van der Waals surface area contributed by atoms with E-state index < -0.39 is 0 Å². The number of hydrogen-bond acceptors (Lipinski definition) is 5. The van der Waals surface area contributed by atoms with E-state index >= 15 is 0 Å². The summed E-state index contributed by atoms with van der Waals surface area (Å²) in [5.41, 5.74) is 2.97. The molecule has 0 unspecified atom stereocenters. The van der Waals surface area contributed by atoms with Crippen LogP contribution in [0.5, 0.6) is 0 Å². The van der Waals surface area contributed by atoms with Crippen molar-refractivity contribution in [1.82, 2.24) is 25.0 Å². The molecule has 2 aliphatic rings. The predicted octanol–water partition coefficient (Wildman–Crippen LogP) is 0.954. The molecule has 6 nitrogen and oxygen atoms in total. The zero-order valence-corrected chi connectivity index (χ0v) is 12.8. The Labute approximate surface area is 130 Å². The standard InChI is InChI=1S/C16H21N5O/c1-22-12-21-11-18-15(19-21)14-5-3-2-4-13(14)6-20-9-16(10-20)7-17-8-16/h2-5,11,17H,6-10,12H2,1H3. The van der Waals surface area contributed by atoms with E-state index in [1.165, 1.54) is 31.7 Å². The fourth-order valence-electron chi connectivity index (χ4n) is 3.45. The molecular weight excluding hydrogens is 278 g/mol. The lowest BCUT2D eigenvalue weighted by atomic mass is 9.74. The molecule has 22 heavy (non-hydrogen) atoms. The summed E-state index contributed by atoms with van der Waals surface area (Å²) in [7, 11) is 1.66. The Morgan fingerprint density at radius 3 is 2.82 bits per heavy atom. The first-order valence-corrected chi connectivity index (χ1v) is 7.68. The van der Waals surface area contributed by atoms with Gasteiger partial charge < -0.3 is 10.1 Å². The SMILES string of the molecule is COCn1cnc(-c2ccccc2CN2CC3(CNC3)C2)n1. The van der Waals surface area contributed by atoms with Gasteiger partial charge in [0.2, 0.25) is 0 Å². The van der Waals surface area contributed by atoms with E-state index in [4.69, 9.17) is 4.74 Å². The predicted molar refractivity (Wildman–Crippen MR) is 83.0 cm³/mol. The van der Waals surface area contributed by atoms with Crippen LogP contribution in [0.4, 0.5) is 0 Å². The number of benzene rings is 1. The first-order valence-electron chi connectivity index (χ1n) is 7.68. The van der Waals surface area contributed by atoms with Gasteiger partial charge in [-0.1, -0.05) is 24.3 Å². The molecule has 1 aromatic heterocycles. The molecular formula is C16H21N5O. The molecule has 0 atom stereocenters. The van der Waals surface area contributed by atoms with E-state index in [0.29, 0.717) is 12.1 Å². The Hall–Kier alpha value is -1.76. The highest BCUT2D eigenvalue weighted by atomic mass is 16.5. The van der Waals surface area contributed by atoms with E-state index in [2.05, 4.69) is 38.5 Å². The molecule has 6 heteroatoms. The molecule has 0 amide bonds. The van der Waals surface area contributed by atoms with Gasteiger partial charge in [0.1, 0.15) is 13.1 Å². The van der Waals surface area contributed by atoms with E-state index in [-0.39, 0.29) is 0 Å². The molecule has 3 heterocycles. The summed E-state index contributed by atoms with van der Waals surface area (Å²) in [5.74, 6) is 0.771. The highest BCUT2D eigenvalue weighted by molar-refractivity contribution is 5.59. The number of likely N-dealkylation sites (tertiary alicyclic amines) is 1. The number of aromatic nitrogens is 3. The van der Waals surface area contributed by atoms with Crippen LogP contribution < -0.4 is 5.32 Å². The second-order valence-corrected chi connectivity index (χ2v) is 6.43. The lowest BCUT2D eigenvalue weighted by Gasteiger charge is -2.56. The van der Waals surface area contributed by atoms with Crippen molar-refractivity contribution in [1.29, 1.82) is 0 Å². The lowest BCUT2D eigenvalue weighted by molar-refractivity contribution is -0.0443. The summed E-state index contributed by atoms with van der Waals surface area (Å²) in [4.78, 5) is 6.92. The molecule has 0 radical (unpaired) electrons. The summed E-state index contributed by atoms with van der Waals surface area (Å²) >= 11 is 0. The van der Waals surface area contributed by atoms with E-state index in [0.717, 1.165) is 17.9 Å². The maximum absolute atomic E-state index is 5.09. The first kappa shape index (κ1) is 13.9. The highest BCUT2D eigenvalue weighted by Crippen LogP contribution is 2.35. The van der Waals surface area contributed by atoms with Gasteiger partial charge in [-0.25, -0.2) is 9.67 Å². The minimum absolute atomic E-state index is 0.427. The first-order chi connectivity index (χ1) is 10.8. The molecule has 116 valence electrons. The molecule has 0 aliphatic carbocycles. The number of ether oxygens (including phenoxy) is 1. The van der Waals surface area contributed by atoms with Crippen molar-refractivity contribution in [2.24, 2.45) is 5.41 Å². The maximum atomic E-state index is 5.09. The second kappa shape index (κ2) is 5.46. The molecule has 0 bridgehead atoms. The third-order valence-corrected chi connectivity index (χ3v) is 4.57. The van der Waals surface area contributed by atoms with Crippen molar-refractivity contribution in [3.8, 4) is 11.4 Å². The van der Waals surface area contributed by atoms with Gasteiger partial charge in [0, 0.05) is 50.8 Å². The minimum atomic E-state index is 0.427. The van der Waals surface area contributed by atoms with Gasteiger partial charge in [-0.3, -0.25) is 4.90 Å². The van der Waals surface area contributed by atoms with Crippen molar-refractivity contribution >= 4 is 0 Å². The number of nitrogens with zero attached hydrogens (tertiary/aromatic N) is 4. The second-order valence-electron chi connectivity index (χ2n) is 6.43. The Morgan fingerprint density at radius 2 is 2.09 bits per heavy atom. The average molecular weight is 299 g/mol. The number of nitrogens with one attached hydrogen (secondary N) is 1. The lowest BCUT2D eigenvalue weighted by Crippen LogP contribution is -2.70. The summed E-state index contributed by atoms with van der Waals surface area (Å²) in [6.45, 7) is 6.13. The number of hydrogen-bond donors (Lipinski definition) is 1. The maximum Gasteiger partial charge on any atom is 0.181 e. The zero-order chi connectivity index (χ0) is 15.0. The van der Waals surface area contributed by atoms with E-state index in [9.17, 15) is 0 Å². The number of methoxy groups -OCH3 is 1. The Morgan fingerprint density at radius 1 is 1.27 bits per heavy atom. The van der Waals surface area contributed by atoms with Gasteiger partial charge in [0.05, 0.1) is 0 Å². The molecule has 0 saturated carbocycles. The smallest absolute Gasteiger partial charge is 0.181 e. The Bertz CT molecular complexity index is 656. The van der Waals surface area contributed by atoms with Crippen LogP contribution in [0.25, 0.3) is 11.4 Å². The van der Waals surface area contributed by atoms with Crippen LogP contribution in [0, 0.1) is 5.41 Å². The van der Waals surface area contributed by atoms with Crippen molar-refractivity contribution in [2.75, 3.05) is 33.3 Å². The molecule has 2 saturated heterocycles. The summed E-state index contributed by atoms with van der Waals surface area (Å²) in [6, 6.07) is 8.41. The third kappa shape index (κ3) is 2.43. The van der Waals surface area contributed by atoms with Gasteiger partial charge in [-0.2, -0.15) is 0 Å². The molecule has 2 fully saturated rings. The van der Waals surface area contributed by atoms with Gasteiger partial charge in [-0.15, -0.1) is 5.10 Å². The largest absolute Gasteiger partial charge is 0.362 e. The molecule has 2 aromatic rings.